The Hall–Kier alpha value is -3.62. The Labute approximate surface area is 161 Å². The summed E-state index contributed by atoms with van der Waals surface area (Å²) in [4.78, 5) is 34.8. The van der Waals surface area contributed by atoms with Gasteiger partial charge in [-0.3, -0.25) is 30.6 Å². The van der Waals surface area contributed by atoms with Crippen molar-refractivity contribution >= 4 is 17.5 Å². The lowest BCUT2D eigenvalue weighted by Gasteiger charge is -2.14. The molecule has 0 aliphatic rings. The number of benzene rings is 2. The van der Waals surface area contributed by atoms with Crippen LogP contribution in [0.5, 0.6) is 11.5 Å². The molecule has 0 radical (unpaired) electrons. The van der Waals surface area contributed by atoms with E-state index >= 15 is 0 Å². The number of hydrazine groups is 1. The number of nitro groups is 1. The van der Waals surface area contributed by atoms with Crippen LogP contribution in [-0.4, -0.2) is 30.0 Å². The molecule has 0 spiro atoms. The smallest absolute Gasteiger partial charge is 0.272 e. The van der Waals surface area contributed by atoms with E-state index in [1.165, 1.54) is 44.4 Å². The van der Waals surface area contributed by atoms with Gasteiger partial charge in [-0.25, -0.2) is 0 Å². The third-order valence-corrected chi connectivity index (χ3v) is 3.73. The van der Waals surface area contributed by atoms with Gasteiger partial charge >= 0.3 is 0 Å². The number of hydrogen-bond donors (Lipinski definition) is 2. The van der Waals surface area contributed by atoms with Gasteiger partial charge in [0, 0.05) is 22.8 Å². The molecule has 2 rings (SSSR count). The number of ether oxygens (including phenoxy) is 2. The molecule has 9 nitrogen and oxygen atoms in total. The minimum Gasteiger partial charge on any atom is -0.493 e. The predicted molar refractivity (Wildman–Crippen MR) is 102 cm³/mol. The number of hydrogen-bond acceptors (Lipinski definition) is 6. The second kappa shape index (κ2) is 8.85. The average molecular weight is 387 g/mol. The number of amides is 2. The minimum atomic E-state index is -0.599. The summed E-state index contributed by atoms with van der Waals surface area (Å²) in [5, 5.41) is 10.8. The van der Waals surface area contributed by atoms with E-state index in [-0.39, 0.29) is 22.9 Å². The highest BCUT2D eigenvalue weighted by atomic mass is 16.6. The molecule has 0 heterocycles. The summed E-state index contributed by atoms with van der Waals surface area (Å²) < 4.78 is 10.8. The van der Waals surface area contributed by atoms with E-state index < -0.39 is 16.7 Å². The Balaban J connectivity index is 2.06. The highest BCUT2D eigenvalue weighted by molar-refractivity contribution is 5.99. The molecule has 0 atom stereocenters. The Bertz CT molecular complexity index is 911. The molecule has 0 bridgehead atoms. The lowest BCUT2D eigenvalue weighted by molar-refractivity contribution is -0.385. The molecule has 0 saturated carbocycles. The van der Waals surface area contributed by atoms with Crippen LogP contribution in [0.15, 0.2) is 36.4 Å². The summed E-state index contributed by atoms with van der Waals surface area (Å²) in [5.74, 6) is -0.266. The SMILES string of the molecule is COc1cc(C(=O)NNC(=O)c2ccc([N+](=O)[O-])c(C)c2)ccc1OC(C)C. The first kappa shape index (κ1) is 20.7. The van der Waals surface area contributed by atoms with Crippen molar-refractivity contribution in [1.82, 2.24) is 10.9 Å². The molecule has 0 saturated heterocycles. The fraction of sp³-hybridized carbons (Fsp3) is 0.263. The molecule has 2 N–H and O–H groups in total. The minimum absolute atomic E-state index is 0.0574. The Morgan fingerprint density at radius 1 is 1.00 bits per heavy atom. The molecular weight excluding hydrogens is 366 g/mol. The number of carbonyl (C=O) groups excluding carboxylic acids is 2. The van der Waals surface area contributed by atoms with E-state index in [9.17, 15) is 19.7 Å². The molecule has 2 amide bonds. The normalized spacial score (nSPS) is 10.3. The number of methoxy groups -OCH3 is 1. The van der Waals surface area contributed by atoms with E-state index in [2.05, 4.69) is 10.9 Å². The van der Waals surface area contributed by atoms with Gasteiger partial charge in [0.15, 0.2) is 11.5 Å². The first-order valence-corrected chi connectivity index (χ1v) is 8.43. The standard InChI is InChI=1S/C19H21N3O6/c1-11(2)28-16-8-6-14(10-17(16)27-4)19(24)21-20-18(23)13-5-7-15(22(25)26)12(3)9-13/h5-11H,1-4H3,(H,20,23)(H,21,24). The van der Waals surface area contributed by atoms with Gasteiger partial charge < -0.3 is 9.47 Å². The van der Waals surface area contributed by atoms with E-state index in [0.29, 0.717) is 17.1 Å². The first-order chi connectivity index (χ1) is 13.2. The molecule has 148 valence electrons. The molecule has 2 aromatic rings. The van der Waals surface area contributed by atoms with Crippen LogP contribution in [0.1, 0.15) is 40.1 Å². The Kier molecular flexibility index (Phi) is 6.54. The maximum atomic E-state index is 12.3. The summed E-state index contributed by atoms with van der Waals surface area (Å²) in [5.41, 5.74) is 5.27. The molecule has 0 aromatic heterocycles. The Morgan fingerprint density at radius 3 is 2.07 bits per heavy atom. The summed E-state index contributed by atoms with van der Waals surface area (Å²) in [6.45, 7) is 5.27. The number of nitro benzene ring substituents is 1. The van der Waals surface area contributed by atoms with Crippen molar-refractivity contribution in [1.29, 1.82) is 0 Å². The maximum absolute atomic E-state index is 12.3. The maximum Gasteiger partial charge on any atom is 0.272 e. The highest BCUT2D eigenvalue weighted by Crippen LogP contribution is 2.28. The van der Waals surface area contributed by atoms with Crippen LogP contribution in [0.4, 0.5) is 5.69 Å². The van der Waals surface area contributed by atoms with Crippen molar-refractivity contribution < 1.29 is 24.0 Å². The molecule has 0 fully saturated rings. The quantitative estimate of drug-likeness (QED) is 0.581. The number of nitrogens with zero attached hydrogens (tertiary/aromatic N) is 1. The molecule has 0 unspecified atom stereocenters. The van der Waals surface area contributed by atoms with Crippen molar-refractivity contribution in [2.24, 2.45) is 0 Å². The van der Waals surface area contributed by atoms with Gasteiger partial charge in [-0.15, -0.1) is 0 Å². The number of rotatable bonds is 6. The van der Waals surface area contributed by atoms with Crippen LogP contribution in [0.3, 0.4) is 0 Å². The second-order valence-corrected chi connectivity index (χ2v) is 6.20. The largest absolute Gasteiger partial charge is 0.493 e. The van der Waals surface area contributed by atoms with Crippen LogP contribution < -0.4 is 20.3 Å². The summed E-state index contributed by atoms with van der Waals surface area (Å²) in [6, 6.07) is 8.57. The van der Waals surface area contributed by atoms with E-state index in [0.717, 1.165) is 0 Å². The second-order valence-electron chi connectivity index (χ2n) is 6.20. The lowest BCUT2D eigenvalue weighted by atomic mass is 10.1. The molecule has 2 aromatic carbocycles. The van der Waals surface area contributed by atoms with Gasteiger partial charge in [0.25, 0.3) is 17.5 Å². The van der Waals surface area contributed by atoms with Gasteiger partial charge in [-0.1, -0.05) is 0 Å². The van der Waals surface area contributed by atoms with Gasteiger partial charge in [0.1, 0.15) is 0 Å². The molecule has 0 aliphatic carbocycles. The van der Waals surface area contributed by atoms with Gasteiger partial charge in [-0.05, 0) is 51.1 Å². The summed E-state index contributed by atoms with van der Waals surface area (Å²) >= 11 is 0. The van der Waals surface area contributed by atoms with Crippen molar-refractivity contribution in [3.63, 3.8) is 0 Å². The van der Waals surface area contributed by atoms with Crippen molar-refractivity contribution in [3.05, 3.63) is 63.2 Å². The molecular formula is C19H21N3O6. The molecule has 9 heteroatoms. The van der Waals surface area contributed by atoms with Crippen LogP contribution >= 0.6 is 0 Å². The third kappa shape index (κ3) is 4.97. The number of carbonyl (C=O) groups is 2. The van der Waals surface area contributed by atoms with Crippen LogP contribution in [0, 0.1) is 17.0 Å². The molecule has 28 heavy (non-hydrogen) atoms. The third-order valence-electron chi connectivity index (χ3n) is 3.73. The Morgan fingerprint density at radius 2 is 1.57 bits per heavy atom. The molecule has 0 aliphatic heterocycles. The van der Waals surface area contributed by atoms with Crippen molar-refractivity contribution in [2.75, 3.05) is 7.11 Å². The number of nitrogens with one attached hydrogen (secondary N) is 2. The average Bonchev–Trinajstić information content (AvgIpc) is 2.65. The zero-order valence-corrected chi connectivity index (χ0v) is 15.9. The van der Waals surface area contributed by atoms with Crippen molar-refractivity contribution in [2.45, 2.75) is 26.9 Å². The van der Waals surface area contributed by atoms with Crippen molar-refractivity contribution in [3.8, 4) is 11.5 Å². The highest BCUT2D eigenvalue weighted by Gasteiger charge is 2.16. The van der Waals surface area contributed by atoms with Crippen LogP contribution in [-0.2, 0) is 0 Å². The van der Waals surface area contributed by atoms with Crippen LogP contribution in [0.2, 0.25) is 0 Å². The zero-order valence-electron chi connectivity index (χ0n) is 15.9. The topological polar surface area (TPSA) is 120 Å². The lowest BCUT2D eigenvalue weighted by Crippen LogP contribution is -2.41. The fourth-order valence-electron chi connectivity index (χ4n) is 2.42. The van der Waals surface area contributed by atoms with Gasteiger partial charge in [-0.2, -0.15) is 0 Å². The summed E-state index contributed by atoms with van der Waals surface area (Å²) in [6.07, 6.45) is -0.0574. The van der Waals surface area contributed by atoms with Crippen LogP contribution in [0.25, 0.3) is 0 Å². The van der Waals surface area contributed by atoms with E-state index in [1.54, 1.807) is 6.07 Å². The predicted octanol–water partition coefficient (Wildman–Crippen LogP) is 2.77. The van der Waals surface area contributed by atoms with Gasteiger partial charge in [0.2, 0.25) is 0 Å². The zero-order chi connectivity index (χ0) is 20.8. The van der Waals surface area contributed by atoms with Gasteiger partial charge in [0.05, 0.1) is 18.1 Å². The van der Waals surface area contributed by atoms with E-state index in [1.807, 2.05) is 13.8 Å². The van der Waals surface area contributed by atoms with E-state index in [4.69, 9.17) is 9.47 Å². The summed E-state index contributed by atoms with van der Waals surface area (Å²) in [7, 11) is 1.46. The number of aryl methyl sites for hydroxylation is 1. The first-order valence-electron chi connectivity index (χ1n) is 8.43. The fourth-order valence-corrected chi connectivity index (χ4v) is 2.42. The monoisotopic (exact) mass is 387 g/mol.